The molecule has 1 aromatic heterocycles. The highest BCUT2D eigenvalue weighted by Gasteiger charge is 2.25. The second-order valence-electron chi connectivity index (χ2n) is 4.19. The summed E-state index contributed by atoms with van der Waals surface area (Å²) < 4.78 is 0. The van der Waals surface area contributed by atoms with E-state index >= 15 is 0 Å². The summed E-state index contributed by atoms with van der Waals surface area (Å²) in [4.78, 5) is 48.2. The van der Waals surface area contributed by atoms with Gasteiger partial charge in [0.1, 0.15) is 5.56 Å². The smallest absolute Gasteiger partial charge is 0.338 e. The standard InChI is InChI=1S/C13H7NO8/c15-10(16)4-1-5-6(11(17)18)2-7(12(19)20)8(13(21)22)9(5)14-3-4/h1-3H,(H,15,16)(H,17,18)(H,19,20)(H,21,22). The molecule has 2 aromatic rings. The van der Waals surface area contributed by atoms with Crippen LogP contribution in [-0.4, -0.2) is 49.3 Å². The number of aromatic nitrogens is 1. The summed E-state index contributed by atoms with van der Waals surface area (Å²) in [5.41, 5.74) is -2.75. The fraction of sp³-hybridized carbons (Fsp3) is 0. The van der Waals surface area contributed by atoms with Gasteiger partial charge in [0.25, 0.3) is 0 Å². The molecule has 0 unspecified atom stereocenters. The Hall–Kier alpha value is -3.49. The zero-order chi connectivity index (χ0) is 16.6. The molecule has 0 aliphatic rings. The molecule has 112 valence electrons. The van der Waals surface area contributed by atoms with Crippen LogP contribution < -0.4 is 0 Å². The minimum atomic E-state index is -1.63. The zero-order valence-electron chi connectivity index (χ0n) is 10.6. The van der Waals surface area contributed by atoms with Crippen molar-refractivity contribution in [2.75, 3.05) is 0 Å². The van der Waals surface area contributed by atoms with E-state index in [-0.39, 0.29) is 10.9 Å². The van der Waals surface area contributed by atoms with Crippen LogP contribution in [0, 0.1) is 0 Å². The van der Waals surface area contributed by atoms with E-state index in [1.807, 2.05) is 0 Å². The average molecular weight is 305 g/mol. The van der Waals surface area contributed by atoms with Crippen LogP contribution in [0.1, 0.15) is 41.4 Å². The van der Waals surface area contributed by atoms with Crippen LogP contribution in [-0.2, 0) is 0 Å². The van der Waals surface area contributed by atoms with E-state index in [1.165, 1.54) is 0 Å². The van der Waals surface area contributed by atoms with Crippen LogP contribution in [0.5, 0.6) is 0 Å². The lowest BCUT2D eigenvalue weighted by Crippen LogP contribution is -2.13. The first-order chi connectivity index (χ1) is 10.2. The Labute approximate surface area is 121 Å². The fourth-order valence-electron chi connectivity index (χ4n) is 1.97. The van der Waals surface area contributed by atoms with E-state index in [4.69, 9.17) is 20.4 Å². The monoisotopic (exact) mass is 305 g/mol. The number of nitrogens with zero attached hydrogens (tertiary/aromatic N) is 1. The molecule has 4 N–H and O–H groups in total. The van der Waals surface area contributed by atoms with Gasteiger partial charge in [-0.1, -0.05) is 0 Å². The van der Waals surface area contributed by atoms with E-state index in [2.05, 4.69) is 4.98 Å². The van der Waals surface area contributed by atoms with Crippen molar-refractivity contribution in [1.82, 2.24) is 4.98 Å². The van der Waals surface area contributed by atoms with Gasteiger partial charge in [-0.3, -0.25) is 4.98 Å². The van der Waals surface area contributed by atoms with Gasteiger partial charge in [-0.25, -0.2) is 19.2 Å². The van der Waals surface area contributed by atoms with Crippen molar-refractivity contribution in [3.05, 3.63) is 40.6 Å². The first-order valence-corrected chi connectivity index (χ1v) is 5.64. The van der Waals surface area contributed by atoms with E-state index in [0.717, 1.165) is 12.3 Å². The number of aromatic carboxylic acids is 4. The summed E-state index contributed by atoms with van der Waals surface area (Å²) in [6.07, 6.45) is 0.828. The third-order valence-electron chi connectivity index (χ3n) is 2.89. The first kappa shape index (κ1) is 14.9. The van der Waals surface area contributed by atoms with Crippen LogP contribution in [0.3, 0.4) is 0 Å². The van der Waals surface area contributed by atoms with Crippen LogP contribution >= 0.6 is 0 Å². The molecule has 0 radical (unpaired) electrons. The van der Waals surface area contributed by atoms with E-state index in [9.17, 15) is 19.2 Å². The van der Waals surface area contributed by atoms with Crippen molar-refractivity contribution in [1.29, 1.82) is 0 Å². The van der Waals surface area contributed by atoms with Gasteiger partial charge in [0.15, 0.2) is 0 Å². The maximum absolute atomic E-state index is 11.3. The molecule has 0 atom stereocenters. The summed E-state index contributed by atoms with van der Waals surface area (Å²) in [6, 6.07) is 1.61. The van der Waals surface area contributed by atoms with Crippen molar-refractivity contribution in [2.24, 2.45) is 0 Å². The Balaban J connectivity index is 3.04. The van der Waals surface area contributed by atoms with E-state index < -0.39 is 46.1 Å². The number of hydrogen-bond acceptors (Lipinski definition) is 5. The Kier molecular flexibility index (Phi) is 3.47. The number of carboxylic acids is 4. The third kappa shape index (κ3) is 2.30. The maximum atomic E-state index is 11.3. The van der Waals surface area contributed by atoms with Gasteiger partial charge in [0.2, 0.25) is 0 Å². The molecular weight excluding hydrogens is 298 g/mol. The highest BCUT2D eigenvalue weighted by molar-refractivity contribution is 6.16. The molecule has 0 aliphatic heterocycles. The van der Waals surface area contributed by atoms with Gasteiger partial charge >= 0.3 is 23.9 Å². The molecule has 0 fully saturated rings. The lowest BCUT2D eigenvalue weighted by molar-refractivity contribution is 0.0651. The lowest BCUT2D eigenvalue weighted by Gasteiger charge is -2.09. The van der Waals surface area contributed by atoms with Crippen molar-refractivity contribution >= 4 is 34.8 Å². The zero-order valence-corrected chi connectivity index (χ0v) is 10.6. The normalized spacial score (nSPS) is 10.4. The van der Waals surface area contributed by atoms with Crippen LogP contribution in [0.25, 0.3) is 10.9 Å². The number of hydrogen-bond donors (Lipinski definition) is 4. The molecule has 2 rings (SSSR count). The molecule has 0 bridgehead atoms. The molecule has 0 aliphatic carbocycles. The second-order valence-corrected chi connectivity index (χ2v) is 4.19. The second kappa shape index (κ2) is 5.13. The minimum Gasteiger partial charge on any atom is -0.478 e. The van der Waals surface area contributed by atoms with Crippen molar-refractivity contribution in [3.63, 3.8) is 0 Å². The van der Waals surface area contributed by atoms with Gasteiger partial charge in [-0.2, -0.15) is 0 Å². The number of benzene rings is 1. The number of fused-ring (bicyclic) bond motifs is 1. The summed E-state index contributed by atoms with van der Waals surface area (Å²) in [7, 11) is 0. The molecule has 0 spiro atoms. The molecule has 1 heterocycles. The lowest BCUT2D eigenvalue weighted by atomic mass is 9.97. The van der Waals surface area contributed by atoms with Gasteiger partial charge in [-0.15, -0.1) is 0 Å². The van der Waals surface area contributed by atoms with Crippen molar-refractivity contribution in [2.45, 2.75) is 0 Å². The van der Waals surface area contributed by atoms with Crippen LogP contribution in [0.4, 0.5) is 0 Å². The Bertz CT molecular complexity index is 855. The molecule has 0 saturated heterocycles. The van der Waals surface area contributed by atoms with Crippen LogP contribution in [0.15, 0.2) is 18.3 Å². The summed E-state index contributed by atoms with van der Waals surface area (Å²) >= 11 is 0. The van der Waals surface area contributed by atoms with E-state index in [0.29, 0.717) is 6.07 Å². The first-order valence-electron chi connectivity index (χ1n) is 5.64. The Morgan fingerprint density at radius 1 is 0.773 bits per heavy atom. The van der Waals surface area contributed by atoms with Gasteiger partial charge < -0.3 is 20.4 Å². The number of rotatable bonds is 4. The van der Waals surface area contributed by atoms with Gasteiger partial charge in [0.05, 0.1) is 22.2 Å². The molecule has 0 amide bonds. The highest BCUT2D eigenvalue weighted by Crippen LogP contribution is 2.26. The van der Waals surface area contributed by atoms with Crippen molar-refractivity contribution in [3.8, 4) is 0 Å². The van der Waals surface area contributed by atoms with Gasteiger partial charge in [0, 0.05) is 11.6 Å². The number of pyridine rings is 1. The minimum absolute atomic E-state index is 0.269. The predicted molar refractivity (Wildman–Crippen MR) is 69.6 cm³/mol. The third-order valence-corrected chi connectivity index (χ3v) is 2.89. The molecule has 9 heteroatoms. The van der Waals surface area contributed by atoms with Gasteiger partial charge in [-0.05, 0) is 12.1 Å². The number of carbonyl (C=O) groups is 4. The fourth-order valence-corrected chi connectivity index (χ4v) is 1.97. The van der Waals surface area contributed by atoms with Crippen molar-refractivity contribution < 1.29 is 39.6 Å². The Morgan fingerprint density at radius 2 is 1.36 bits per heavy atom. The predicted octanol–water partition coefficient (Wildman–Crippen LogP) is 1.03. The Morgan fingerprint density at radius 3 is 1.82 bits per heavy atom. The quantitative estimate of drug-likeness (QED) is 0.645. The SMILES string of the molecule is O=C(O)c1cnc2c(C(=O)O)c(C(=O)O)cc(C(=O)O)c2c1. The van der Waals surface area contributed by atoms with E-state index in [1.54, 1.807) is 0 Å². The molecule has 1 aromatic carbocycles. The maximum Gasteiger partial charge on any atom is 0.338 e. The molecule has 22 heavy (non-hydrogen) atoms. The topological polar surface area (TPSA) is 162 Å². The molecule has 0 saturated carbocycles. The largest absolute Gasteiger partial charge is 0.478 e. The molecular formula is C13H7NO8. The van der Waals surface area contributed by atoms with Crippen LogP contribution in [0.2, 0.25) is 0 Å². The highest BCUT2D eigenvalue weighted by atomic mass is 16.4. The summed E-state index contributed by atoms with van der Waals surface area (Å²) in [6.45, 7) is 0. The summed E-state index contributed by atoms with van der Waals surface area (Å²) in [5.74, 6) is -6.17. The summed E-state index contributed by atoms with van der Waals surface area (Å²) in [5, 5.41) is 36.0. The molecule has 9 nitrogen and oxygen atoms in total. The average Bonchev–Trinajstić information content (AvgIpc) is 2.43. The number of carboxylic acid groups (broad SMARTS) is 4.